The molecule has 0 saturated carbocycles. The second-order valence-corrected chi connectivity index (χ2v) is 6.46. The van der Waals surface area contributed by atoms with Gasteiger partial charge in [0.1, 0.15) is 5.75 Å². The summed E-state index contributed by atoms with van der Waals surface area (Å²) >= 11 is 1.51. The Balaban J connectivity index is 1.76. The number of rotatable bonds is 7. The fourth-order valence-corrected chi connectivity index (χ4v) is 3.43. The Labute approximate surface area is 152 Å². The van der Waals surface area contributed by atoms with E-state index in [9.17, 15) is 0 Å². The summed E-state index contributed by atoms with van der Waals surface area (Å²) in [7, 11) is 0. The molecule has 25 heavy (non-hydrogen) atoms. The number of thiazole rings is 1. The Hall–Kier alpha value is -2.47. The van der Waals surface area contributed by atoms with Gasteiger partial charge in [-0.1, -0.05) is 11.3 Å². The summed E-state index contributed by atoms with van der Waals surface area (Å²) in [4.78, 5) is 6.79. The Morgan fingerprint density at radius 3 is 2.44 bits per heavy atom. The summed E-state index contributed by atoms with van der Waals surface area (Å²) in [6, 6.07) is 14.0. The normalized spacial score (nSPS) is 11.3. The molecule has 0 unspecified atom stereocenters. The van der Waals surface area contributed by atoms with E-state index >= 15 is 0 Å². The SMILES string of the molecule is CCOc1ccc2nc(N=Nc3ccc(N(CC)CC)cc3)sc2c1. The number of fused-ring (bicyclic) bond motifs is 1. The zero-order chi connectivity index (χ0) is 17.6. The van der Waals surface area contributed by atoms with Crippen LogP contribution in [0.1, 0.15) is 20.8 Å². The molecule has 5 nitrogen and oxygen atoms in total. The molecule has 0 aliphatic heterocycles. The van der Waals surface area contributed by atoms with E-state index in [2.05, 4.69) is 46.1 Å². The van der Waals surface area contributed by atoms with E-state index in [1.54, 1.807) is 0 Å². The average molecular weight is 354 g/mol. The predicted octanol–water partition coefficient (Wildman–Crippen LogP) is 5.96. The molecule has 1 heterocycles. The minimum Gasteiger partial charge on any atom is -0.494 e. The first-order chi connectivity index (χ1) is 12.2. The number of nitrogens with zero attached hydrogens (tertiary/aromatic N) is 4. The molecular formula is C19H22N4OS. The highest BCUT2D eigenvalue weighted by atomic mass is 32.1. The van der Waals surface area contributed by atoms with Crippen LogP contribution in [0.2, 0.25) is 0 Å². The summed E-state index contributed by atoms with van der Waals surface area (Å²) in [5.74, 6) is 0.856. The average Bonchev–Trinajstić information content (AvgIpc) is 3.04. The second kappa shape index (κ2) is 8.07. The Bertz CT molecular complexity index is 853. The minimum atomic E-state index is 0.650. The number of anilines is 1. The first-order valence-electron chi connectivity index (χ1n) is 8.53. The molecule has 130 valence electrons. The summed E-state index contributed by atoms with van der Waals surface area (Å²) in [6.45, 7) is 8.92. The maximum Gasteiger partial charge on any atom is 0.231 e. The zero-order valence-electron chi connectivity index (χ0n) is 14.8. The van der Waals surface area contributed by atoms with Gasteiger partial charge in [0, 0.05) is 18.8 Å². The summed E-state index contributed by atoms with van der Waals surface area (Å²) in [6.07, 6.45) is 0. The van der Waals surface area contributed by atoms with E-state index < -0.39 is 0 Å². The number of benzene rings is 2. The van der Waals surface area contributed by atoms with Crippen molar-refractivity contribution >= 4 is 38.1 Å². The van der Waals surface area contributed by atoms with Gasteiger partial charge in [0.15, 0.2) is 0 Å². The second-order valence-electron chi connectivity index (χ2n) is 5.45. The van der Waals surface area contributed by atoms with Gasteiger partial charge in [-0.2, -0.15) is 0 Å². The van der Waals surface area contributed by atoms with E-state index in [0.717, 1.165) is 34.7 Å². The van der Waals surface area contributed by atoms with Gasteiger partial charge in [0.2, 0.25) is 5.13 Å². The van der Waals surface area contributed by atoms with E-state index in [-0.39, 0.29) is 0 Å². The summed E-state index contributed by atoms with van der Waals surface area (Å²) in [5.41, 5.74) is 2.94. The van der Waals surface area contributed by atoms with Crippen molar-refractivity contribution in [3.63, 3.8) is 0 Å². The van der Waals surface area contributed by atoms with Crippen LogP contribution in [0.3, 0.4) is 0 Å². The molecule has 0 bridgehead atoms. The Morgan fingerprint density at radius 2 is 1.76 bits per heavy atom. The van der Waals surface area contributed by atoms with E-state index in [0.29, 0.717) is 11.7 Å². The largest absolute Gasteiger partial charge is 0.494 e. The van der Waals surface area contributed by atoms with Crippen molar-refractivity contribution in [1.82, 2.24) is 4.98 Å². The third-order valence-electron chi connectivity index (χ3n) is 3.89. The first kappa shape index (κ1) is 17.4. The molecule has 0 N–H and O–H groups in total. The molecule has 0 aliphatic rings. The monoisotopic (exact) mass is 354 g/mol. The smallest absolute Gasteiger partial charge is 0.231 e. The van der Waals surface area contributed by atoms with Crippen LogP contribution in [0.15, 0.2) is 52.7 Å². The van der Waals surface area contributed by atoms with Crippen LogP contribution in [-0.4, -0.2) is 24.7 Å². The van der Waals surface area contributed by atoms with Crippen LogP contribution < -0.4 is 9.64 Å². The van der Waals surface area contributed by atoms with Crippen molar-refractivity contribution in [2.24, 2.45) is 10.2 Å². The van der Waals surface area contributed by atoms with Crippen LogP contribution in [0.25, 0.3) is 10.2 Å². The van der Waals surface area contributed by atoms with Gasteiger partial charge < -0.3 is 9.64 Å². The van der Waals surface area contributed by atoms with Crippen LogP contribution >= 0.6 is 11.3 Å². The van der Waals surface area contributed by atoms with E-state index in [1.165, 1.54) is 17.0 Å². The lowest BCUT2D eigenvalue weighted by Crippen LogP contribution is -2.21. The molecule has 3 rings (SSSR count). The quantitative estimate of drug-likeness (QED) is 0.492. The van der Waals surface area contributed by atoms with E-state index in [1.807, 2.05) is 37.3 Å². The number of hydrogen-bond donors (Lipinski definition) is 0. The minimum absolute atomic E-state index is 0.650. The van der Waals surface area contributed by atoms with Crippen LogP contribution in [0, 0.1) is 0 Å². The molecule has 0 amide bonds. The van der Waals surface area contributed by atoms with Crippen molar-refractivity contribution in [2.45, 2.75) is 20.8 Å². The van der Waals surface area contributed by atoms with Crippen molar-refractivity contribution in [1.29, 1.82) is 0 Å². The molecule has 0 fully saturated rings. The third-order valence-corrected chi connectivity index (χ3v) is 4.79. The number of aromatic nitrogens is 1. The summed E-state index contributed by atoms with van der Waals surface area (Å²) in [5, 5.41) is 9.24. The fraction of sp³-hybridized carbons (Fsp3) is 0.316. The number of hydrogen-bond acceptors (Lipinski definition) is 6. The maximum atomic E-state index is 5.52. The molecule has 0 atom stereocenters. The van der Waals surface area contributed by atoms with Gasteiger partial charge in [-0.25, -0.2) is 4.98 Å². The van der Waals surface area contributed by atoms with Gasteiger partial charge in [0.25, 0.3) is 0 Å². The lowest BCUT2D eigenvalue weighted by atomic mass is 10.2. The van der Waals surface area contributed by atoms with Crippen LogP contribution in [0.5, 0.6) is 5.75 Å². The lowest BCUT2D eigenvalue weighted by molar-refractivity contribution is 0.341. The van der Waals surface area contributed by atoms with Gasteiger partial charge in [-0.15, -0.1) is 10.2 Å². The zero-order valence-corrected chi connectivity index (χ0v) is 15.6. The third kappa shape index (κ3) is 4.14. The molecule has 2 aromatic carbocycles. The summed E-state index contributed by atoms with van der Waals surface area (Å²) < 4.78 is 6.57. The molecule has 3 aromatic rings. The van der Waals surface area contributed by atoms with Crippen molar-refractivity contribution in [3.05, 3.63) is 42.5 Å². The highest BCUT2D eigenvalue weighted by Gasteiger charge is 2.05. The number of azo groups is 1. The highest BCUT2D eigenvalue weighted by Crippen LogP contribution is 2.32. The molecular weight excluding hydrogens is 332 g/mol. The van der Waals surface area contributed by atoms with Gasteiger partial charge in [-0.3, -0.25) is 0 Å². The van der Waals surface area contributed by atoms with Gasteiger partial charge in [-0.05, 0) is 63.2 Å². The number of ether oxygens (including phenoxy) is 1. The lowest BCUT2D eigenvalue weighted by Gasteiger charge is -2.20. The Morgan fingerprint density at radius 1 is 1.00 bits per heavy atom. The van der Waals surface area contributed by atoms with Gasteiger partial charge >= 0.3 is 0 Å². The first-order valence-corrected chi connectivity index (χ1v) is 9.35. The fourth-order valence-electron chi connectivity index (χ4n) is 2.61. The van der Waals surface area contributed by atoms with Crippen LogP contribution in [-0.2, 0) is 0 Å². The van der Waals surface area contributed by atoms with Crippen molar-refractivity contribution in [3.8, 4) is 5.75 Å². The molecule has 0 aliphatic carbocycles. The molecule has 1 aromatic heterocycles. The Kier molecular flexibility index (Phi) is 5.60. The van der Waals surface area contributed by atoms with E-state index in [4.69, 9.17) is 4.74 Å². The molecule has 0 saturated heterocycles. The molecule has 6 heteroatoms. The molecule has 0 spiro atoms. The molecule has 0 radical (unpaired) electrons. The van der Waals surface area contributed by atoms with Crippen LogP contribution in [0.4, 0.5) is 16.5 Å². The predicted molar refractivity (Wildman–Crippen MR) is 105 cm³/mol. The van der Waals surface area contributed by atoms with Gasteiger partial charge in [0.05, 0.1) is 22.5 Å². The van der Waals surface area contributed by atoms with Crippen molar-refractivity contribution < 1.29 is 4.74 Å². The standard InChI is InChI=1S/C19H22N4OS/c1-4-23(5-2)15-9-7-14(8-10-15)21-22-19-20-17-12-11-16(24-6-3)13-18(17)25-19/h7-13H,4-6H2,1-3H3. The topological polar surface area (TPSA) is 50.1 Å². The highest BCUT2D eigenvalue weighted by molar-refractivity contribution is 7.21. The maximum absolute atomic E-state index is 5.52. The van der Waals surface area contributed by atoms with Crippen molar-refractivity contribution in [2.75, 3.05) is 24.6 Å².